The summed E-state index contributed by atoms with van der Waals surface area (Å²) in [5.74, 6) is 1.53. The van der Waals surface area contributed by atoms with Crippen molar-refractivity contribution in [1.82, 2.24) is 9.55 Å². The number of benzene rings is 2. The molecular weight excluding hydrogens is 366 g/mol. The highest BCUT2D eigenvalue weighted by atomic mass is 16.3. The van der Waals surface area contributed by atoms with E-state index in [4.69, 9.17) is 4.99 Å². The normalized spacial score (nSPS) is 15.4. The third-order valence-electron chi connectivity index (χ3n) is 4.84. The van der Waals surface area contributed by atoms with Gasteiger partial charge in [0.1, 0.15) is 5.75 Å². The summed E-state index contributed by atoms with van der Waals surface area (Å²) < 4.78 is 1.51. The number of aliphatic imine (C=N–C) groups is 1. The molecule has 0 spiro atoms. The van der Waals surface area contributed by atoms with Crippen molar-refractivity contribution in [2.45, 2.75) is 32.9 Å². The minimum atomic E-state index is -0.593. The van der Waals surface area contributed by atoms with Gasteiger partial charge in [-0.1, -0.05) is 38.1 Å². The molecule has 0 aliphatic carbocycles. The van der Waals surface area contributed by atoms with Crippen LogP contribution in [-0.4, -0.2) is 20.6 Å². The van der Waals surface area contributed by atoms with E-state index in [-0.39, 0.29) is 11.3 Å². The van der Waals surface area contributed by atoms with Gasteiger partial charge in [-0.15, -0.1) is 0 Å². The summed E-state index contributed by atoms with van der Waals surface area (Å²) in [6, 6.07) is 16.3. The summed E-state index contributed by atoms with van der Waals surface area (Å²) in [6.07, 6.45) is -0.593. The average Bonchev–Trinajstić information content (AvgIpc) is 2.68. The molecule has 4 rings (SSSR count). The van der Waals surface area contributed by atoms with E-state index in [1.165, 1.54) is 16.2 Å². The molecule has 148 valence electrons. The van der Waals surface area contributed by atoms with Crippen molar-refractivity contribution in [3.8, 4) is 5.75 Å². The lowest BCUT2D eigenvalue weighted by molar-refractivity contribution is 0.474. The summed E-state index contributed by atoms with van der Waals surface area (Å²) in [7, 11) is 0. The first kappa shape index (κ1) is 18.7. The second-order valence-corrected chi connectivity index (χ2v) is 7.40. The monoisotopic (exact) mass is 389 g/mol. The van der Waals surface area contributed by atoms with E-state index in [9.17, 15) is 9.90 Å². The number of aryl methyl sites for hydroxylation is 1. The van der Waals surface area contributed by atoms with Crippen LogP contribution in [0, 0.1) is 6.92 Å². The van der Waals surface area contributed by atoms with Crippen molar-refractivity contribution in [2.75, 3.05) is 10.6 Å². The summed E-state index contributed by atoms with van der Waals surface area (Å²) >= 11 is 0. The maximum atomic E-state index is 12.6. The third-order valence-corrected chi connectivity index (χ3v) is 4.84. The fourth-order valence-corrected chi connectivity index (χ4v) is 3.27. The Balaban J connectivity index is 1.73. The van der Waals surface area contributed by atoms with Crippen LogP contribution in [-0.2, 0) is 0 Å². The van der Waals surface area contributed by atoms with Crippen molar-refractivity contribution in [2.24, 2.45) is 4.99 Å². The minimum absolute atomic E-state index is 0.157. The van der Waals surface area contributed by atoms with Crippen LogP contribution < -0.4 is 16.2 Å². The zero-order valence-electron chi connectivity index (χ0n) is 16.5. The predicted octanol–water partition coefficient (Wildman–Crippen LogP) is 3.82. The smallest absolute Gasteiger partial charge is 0.257 e. The van der Waals surface area contributed by atoms with Crippen LogP contribution in [0.4, 0.5) is 11.6 Å². The fourth-order valence-electron chi connectivity index (χ4n) is 3.27. The molecule has 0 bridgehead atoms. The van der Waals surface area contributed by atoms with Gasteiger partial charge in [-0.25, -0.2) is 9.98 Å². The van der Waals surface area contributed by atoms with E-state index in [1.807, 2.05) is 12.1 Å². The highest BCUT2D eigenvalue weighted by Gasteiger charge is 2.25. The zero-order chi connectivity index (χ0) is 20.5. The number of hydrogen-bond donors (Lipinski definition) is 3. The topological polar surface area (TPSA) is 91.5 Å². The molecule has 1 aliphatic rings. The van der Waals surface area contributed by atoms with Gasteiger partial charge in [-0.05, 0) is 48.2 Å². The van der Waals surface area contributed by atoms with Gasteiger partial charge < -0.3 is 10.4 Å². The quantitative estimate of drug-likeness (QED) is 0.633. The Hall–Kier alpha value is -3.61. The van der Waals surface area contributed by atoms with Crippen LogP contribution >= 0.6 is 0 Å². The van der Waals surface area contributed by atoms with Gasteiger partial charge in [-0.2, -0.15) is 0 Å². The first-order chi connectivity index (χ1) is 13.9. The molecule has 2 aromatic carbocycles. The van der Waals surface area contributed by atoms with Crippen LogP contribution in [0.2, 0.25) is 0 Å². The molecule has 2 heterocycles. The molecule has 3 aromatic rings. The lowest BCUT2D eigenvalue weighted by Gasteiger charge is -2.27. The Morgan fingerprint density at radius 1 is 1.10 bits per heavy atom. The molecule has 0 amide bonds. The number of guanidine groups is 1. The number of anilines is 2. The lowest BCUT2D eigenvalue weighted by atomic mass is 10.0. The second-order valence-electron chi connectivity index (χ2n) is 7.40. The van der Waals surface area contributed by atoms with Gasteiger partial charge in [0, 0.05) is 17.4 Å². The van der Waals surface area contributed by atoms with Gasteiger partial charge in [0.2, 0.25) is 11.9 Å². The van der Waals surface area contributed by atoms with Crippen molar-refractivity contribution in [3.05, 3.63) is 81.8 Å². The predicted molar refractivity (Wildman–Crippen MR) is 115 cm³/mol. The van der Waals surface area contributed by atoms with Gasteiger partial charge in [-0.3, -0.25) is 14.7 Å². The number of rotatable bonds is 3. The minimum Gasteiger partial charge on any atom is -0.508 e. The summed E-state index contributed by atoms with van der Waals surface area (Å²) in [5, 5.41) is 16.0. The zero-order valence-corrected chi connectivity index (χ0v) is 16.5. The Labute approximate surface area is 168 Å². The molecule has 0 fully saturated rings. The SMILES string of the molecule is Cc1cc(=O)n2c(n1)NC(Nc1ccc(C(C)C)cc1)=NC2c1ccc(O)cc1. The maximum absolute atomic E-state index is 12.6. The van der Waals surface area contributed by atoms with E-state index < -0.39 is 6.17 Å². The number of phenols is 1. The first-order valence-corrected chi connectivity index (χ1v) is 9.51. The number of nitrogens with one attached hydrogen (secondary N) is 2. The molecule has 0 saturated carbocycles. The van der Waals surface area contributed by atoms with Gasteiger partial charge in [0.25, 0.3) is 5.56 Å². The Kier molecular flexibility index (Phi) is 4.80. The van der Waals surface area contributed by atoms with Crippen LogP contribution in [0.1, 0.15) is 42.8 Å². The largest absolute Gasteiger partial charge is 0.508 e. The van der Waals surface area contributed by atoms with E-state index in [0.717, 1.165) is 11.3 Å². The number of fused-ring (bicyclic) bond motifs is 1. The molecular formula is C22H23N5O2. The highest BCUT2D eigenvalue weighted by molar-refractivity contribution is 6.03. The standard InChI is InChI=1S/C22H23N5O2/c1-13(2)15-4-8-17(9-5-15)24-21-25-20(16-6-10-18(28)11-7-16)27-19(29)12-14(3)23-22(27)26-21/h4-13,20,28H,1-3H3,(H2,23,24,25,26). The van der Waals surface area contributed by atoms with Crippen LogP contribution in [0.5, 0.6) is 5.75 Å². The summed E-state index contributed by atoms with van der Waals surface area (Å²) in [6.45, 7) is 6.09. The molecule has 1 atom stereocenters. The van der Waals surface area contributed by atoms with Crippen molar-refractivity contribution < 1.29 is 5.11 Å². The van der Waals surface area contributed by atoms with Gasteiger partial charge in [0.05, 0.1) is 0 Å². The van der Waals surface area contributed by atoms with E-state index in [2.05, 4.69) is 41.6 Å². The van der Waals surface area contributed by atoms with E-state index >= 15 is 0 Å². The molecule has 3 N–H and O–H groups in total. The summed E-state index contributed by atoms with van der Waals surface area (Å²) in [5.41, 5.74) is 3.34. The molecule has 7 nitrogen and oxygen atoms in total. The highest BCUT2D eigenvalue weighted by Crippen LogP contribution is 2.27. The number of hydrogen-bond acceptors (Lipinski definition) is 6. The molecule has 1 aliphatic heterocycles. The molecule has 7 heteroatoms. The number of nitrogens with zero attached hydrogens (tertiary/aromatic N) is 3. The molecule has 1 aromatic heterocycles. The number of aromatic nitrogens is 2. The third kappa shape index (κ3) is 3.85. The number of phenolic OH excluding ortho intramolecular Hbond substituents is 1. The van der Waals surface area contributed by atoms with Crippen LogP contribution in [0.25, 0.3) is 0 Å². The number of aromatic hydroxyl groups is 1. The van der Waals surface area contributed by atoms with Crippen molar-refractivity contribution >= 4 is 17.6 Å². The van der Waals surface area contributed by atoms with E-state index in [0.29, 0.717) is 23.5 Å². The Bertz CT molecular complexity index is 1120. The van der Waals surface area contributed by atoms with Crippen LogP contribution in [0.3, 0.4) is 0 Å². The van der Waals surface area contributed by atoms with Crippen LogP contribution in [0.15, 0.2) is 64.4 Å². The molecule has 0 radical (unpaired) electrons. The van der Waals surface area contributed by atoms with Gasteiger partial charge >= 0.3 is 0 Å². The Morgan fingerprint density at radius 2 is 1.79 bits per heavy atom. The van der Waals surface area contributed by atoms with Crippen molar-refractivity contribution in [1.29, 1.82) is 0 Å². The second kappa shape index (κ2) is 7.43. The molecule has 29 heavy (non-hydrogen) atoms. The lowest BCUT2D eigenvalue weighted by Crippen LogP contribution is -2.37. The maximum Gasteiger partial charge on any atom is 0.257 e. The molecule has 0 saturated heterocycles. The Morgan fingerprint density at radius 3 is 2.45 bits per heavy atom. The first-order valence-electron chi connectivity index (χ1n) is 9.51. The van der Waals surface area contributed by atoms with Crippen molar-refractivity contribution in [3.63, 3.8) is 0 Å². The van der Waals surface area contributed by atoms with E-state index in [1.54, 1.807) is 31.2 Å². The fraction of sp³-hybridized carbons (Fsp3) is 0.227. The molecule has 1 unspecified atom stereocenters. The van der Waals surface area contributed by atoms with Gasteiger partial charge in [0.15, 0.2) is 6.17 Å². The summed E-state index contributed by atoms with van der Waals surface area (Å²) in [4.78, 5) is 21.8. The average molecular weight is 389 g/mol.